The molecule has 0 spiro atoms. The predicted octanol–water partition coefficient (Wildman–Crippen LogP) is 5.07. The Hall–Kier alpha value is -0.670. The van der Waals surface area contributed by atoms with Crippen molar-refractivity contribution in [1.29, 1.82) is 0 Å². The standard InChI is InChI=1S/C13H9Br2F/c14-11-3-1-2-10(8-11)13(15)9-4-6-12(16)7-5-9/h1-8,13H. The maximum absolute atomic E-state index is 12.8. The lowest BCUT2D eigenvalue weighted by molar-refractivity contribution is 0.627. The summed E-state index contributed by atoms with van der Waals surface area (Å²) in [6.45, 7) is 0. The van der Waals surface area contributed by atoms with Crippen molar-refractivity contribution in [3.05, 3.63) is 69.9 Å². The molecule has 0 aliphatic heterocycles. The zero-order valence-electron chi connectivity index (χ0n) is 8.33. The lowest BCUT2D eigenvalue weighted by Crippen LogP contribution is -1.92. The Morgan fingerprint density at radius 2 is 1.62 bits per heavy atom. The summed E-state index contributed by atoms with van der Waals surface area (Å²) in [5.74, 6) is -0.210. The van der Waals surface area contributed by atoms with Crippen LogP contribution in [0.25, 0.3) is 0 Å². The van der Waals surface area contributed by atoms with E-state index in [4.69, 9.17) is 0 Å². The molecular formula is C13H9Br2F. The highest BCUT2D eigenvalue weighted by molar-refractivity contribution is 9.10. The smallest absolute Gasteiger partial charge is 0.123 e. The van der Waals surface area contributed by atoms with E-state index >= 15 is 0 Å². The molecule has 0 saturated carbocycles. The number of rotatable bonds is 2. The highest BCUT2D eigenvalue weighted by Gasteiger charge is 2.10. The third-order valence-electron chi connectivity index (χ3n) is 2.30. The minimum atomic E-state index is -0.210. The molecule has 0 heterocycles. The number of benzene rings is 2. The first-order chi connectivity index (χ1) is 7.66. The quantitative estimate of drug-likeness (QED) is 0.667. The van der Waals surface area contributed by atoms with Gasteiger partial charge >= 0.3 is 0 Å². The van der Waals surface area contributed by atoms with Gasteiger partial charge < -0.3 is 0 Å². The van der Waals surface area contributed by atoms with E-state index in [0.717, 1.165) is 15.6 Å². The van der Waals surface area contributed by atoms with E-state index in [1.165, 1.54) is 12.1 Å². The van der Waals surface area contributed by atoms with Crippen molar-refractivity contribution in [2.75, 3.05) is 0 Å². The van der Waals surface area contributed by atoms with Crippen LogP contribution >= 0.6 is 31.9 Å². The molecular weight excluding hydrogens is 335 g/mol. The second-order valence-electron chi connectivity index (χ2n) is 3.47. The van der Waals surface area contributed by atoms with E-state index in [1.54, 1.807) is 12.1 Å². The molecule has 0 bridgehead atoms. The van der Waals surface area contributed by atoms with Crippen molar-refractivity contribution in [2.45, 2.75) is 4.83 Å². The van der Waals surface area contributed by atoms with Gasteiger partial charge in [-0.15, -0.1) is 0 Å². The van der Waals surface area contributed by atoms with Gasteiger partial charge in [-0.2, -0.15) is 0 Å². The minimum absolute atomic E-state index is 0.0885. The molecule has 1 unspecified atom stereocenters. The summed E-state index contributed by atoms with van der Waals surface area (Å²) in [5.41, 5.74) is 2.18. The SMILES string of the molecule is Fc1ccc(C(Br)c2cccc(Br)c2)cc1. The Bertz CT molecular complexity index is 480. The van der Waals surface area contributed by atoms with Crippen molar-refractivity contribution < 1.29 is 4.39 Å². The molecule has 3 heteroatoms. The molecule has 0 saturated heterocycles. The Morgan fingerprint density at radius 1 is 0.938 bits per heavy atom. The van der Waals surface area contributed by atoms with Crippen LogP contribution in [-0.4, -0.2) is 0 Å². The van der Waals surface area contributed by atoms with Crippen LogP contribution in [0.3, 0.4) is 0 Å². The summed E-state index contributed by atoms with van der Waals surface area (Å²) in [7, 11) is 0. The van der Waals surface area contributed by atoms with E-state index in [-0.39, 0.29) is 10.6 Å². The maximum atomic E-state index is 12.8. The monoisotopic (exact) mass is 342 g/mol. The largest absolute Gasteiger partial charge is 0.207 e. The van der Waals surface area contributed by atoms with Gasteiger partial charge in [-0.25, -0.2) is 4.39 Å². The topological polar surface area (TPSA) is 0 Å². The molecule has 2 rings (SSSR count). The lowest BCUT2D eigenvalue weighted by Gasteiger charge is -2.10. The second-order valence-corrected chi connectivity index (χ2v) is 5.30. The summed E-state index contributed by atoms with van der Waals surface area (Å²) in [5, 5.41) is 0. The molecule has 2 aromatic rings. The van der Waals surface area contributed by atoms with Crippen molar-refractivity contribution in [2.24, 2.45) is 0 Å². The van der Waals surface area contributed by atoms with Crippen LogP contribution in [0.4, 0.5) is 4.39 Å². The van der Waals surface area contributed by atoms with Gasteiger partial charge in [0.1, 0.15) is 5.82 Å². The Balaban J connectivity index is 2.31. The number of alkyl halides is 1. The average Bonchev–Trinajstić information content (AvgIpc) is 2.29. The third-order valence-corrected chi connectivity index (χ3v) is 3.85. The summed E-state index contributed by atoms with van der Waals surface area (Å²) in [6.07, 6.45) is 0. The Labute approximate surface area is 111 Å². The summed E-state index contributed by atoms with van der Waals surface area (Å²) in [6, 6.07) is 14.6. The Morgan fingerprint density at radius 3 is 2.25 bits per heavy atom. The van der Waals surface area contributed by atoms with E-state index < -0.39 is 0 Å². The average molecular weight is 344 g/mol. The molecule has 1 atom stereocenters. The van der Waals surface area contributed by atoms with Crippen LogP contribution in [0.15, 0.2) is 53.0 Å². The molecule has 0 nitrogen and oxygen atoms in total. The fourth-order valence-corrected chi connectivity index (χ4v) is 2.50. The highest BCUT2D eigenvalue weighted by atomic mass is 79.9. The van der Waals surface area contributed by atoms with Crippen LogP contribution in [0.1, 0.15) is 16.0 Å². The molecule has 82 valence electrons. The van der Waals surface area contributed by atoms with Crippen molar-refractivity contribution in [1.82, 2.24) is 0 Å². The zero-order valence-corrected chi connectivity index (χ0v) is 11.5. The van der Waals surface area contributed by atoms with Crippen LogP contribution < -0.4 is 0 Å². The first-order valence-electron chi connectivity index (χ1n) is 4.82. The van der Waals surface area contributed by atoms with Gasteiger partial charge in [0.05, 0.1) is 4.83 Å². The van der Waals surface area contributed by atoms with Crippen LogP contribution in [0, 0.1) is 5.82 Å². The minimum Gasteiger partial charge on any atom is -0.207 e. The molecule has 0 fully saturated rings. The van der Waals surface area contributed by atoms with Crippen LogP contribution in [-0.2, 0) is 0 Å². The fourth-order valence-electron chi connectivity index (χ4n) is 1.49. The molecule has 0 aliphatic rings. The summed E-state index contributed by atoms with van der Waals surface area (Å²) >= 11 is 7.04. The third kappa shape index (κ3) is 2.71. The van der Waals surface area contributed by atoms with Gasteiger partial charge in [-0.05, 0) is 35.4 Å². The second kappa shape index (κ2) is 5.11. The molecule has 0 aromatic heterocycles. The zero-order chi connectivity index (χ0) is 11.5. The number of hydrogen-bond donors (Lipinski definition) is 0. The van der Waals surface area contributed by atoms with Gasteiger partial charge in [0, 0.05) is 4.47 Å². The van der Waals surface area contributed by atoms with E-state index in [1.807, 2.05) is 24.3 Å². The van der Waals surface area contributed by atoms with E-state index in [0.29, 0.717) is 0 Å². The van der Waals surface area contributed by atoms with Gasteiger partial charge in [0.25, 0.3) is 0 Å². The predicted molar refractivity (Wildman–Crippen MR) is 71.3 cm³/mol. The molecule has 0 radical (unpaired) electrons. The van der Waals surface area contributed by atoms with E-state index in [9.17, 15) is 4.39 Å². The van der Waals surface area contributed by atoms with Gasteiger partial charge in [0.2, 0.25) is 0 Å². The molecule has 0 N–H and O–H groups in total. The molecule has 0 aliphatic carbocycles. The van der Waals surface area contributed by atoms with E-state index in [2.05, 4.69) is 31.9 Å². The van der Waals surface area contributed by atoms with Crippen LogP contribution in [0.5, 0.6) is 0 Å². The molecule has 2 aromatic carbocycles. The normalized spacial score (nSPS) is 12.4. The first kappa shape index (κ1) is 11.8. The maximum Gasteiger partial charge on any atom is 0.123 e. The number of halogens is 3. The van der Waals surface area contributed by atoms with Gasteiger partial charge in [-0.3, -0.25) is 0 Å². The molecule has 0 amide bonds. The van der Waals surface area contributed by atoms with Crippen molar-refractivity contribution in [3.63, 3.8) is 0 Å². The first-order valence-corrected chi connectivity index (χ1v) is 6.52. The van der Waals surface area contributed by atoms with Crippen molar-refractivity contribution in [3.8, 4) is 0 Å². The van der Waals surface area contributed by atoms with Gasteiger partial charge in [0.15, 0.2) is 0 Å². The number of hydrogen-bond acceptors (Lipinski definition) is 0. The fraction of sp³-hybridized carbons (Fsp3) is 0.0769. The summed E-state index contributed by atoms with van der Waals surface area (Å²) in [4.78, 5) is 0.0885. The molecule has 16 heavy (non-hydrogen) atoms. The van der Waals surface area contributed by atoms with Crippen molar-refractivity contribution >= 4 is 31.9 Å². The Kier molecular flexibility index (Phi) is 3.77. The highest BCUT2D eigenvalue weighted by Crippen LogP contribution is 2.31. The van der Waals surface area contributed by atoms with Gasteiger partial charge in [-0.1, -0.05) is 56.1 Å². The van der Waals surface area contributed by atoms with Crippen LogP contribution in [0.2, 0.25) is 0 Å². The lowest BCUT2D eigenvalue weighted by atomic mass is 10.1. The summed E-state index contributed by atoms with van der Waals surface area (Å²) < 4.78 is 13.8.